The first-order chi connectivity index (χ1) is 7.51. The highest BCUT2D eigenvalue weighted by molar-refractivity contribution is 7.80. The predicted molar refractivity (Wildman–Crippen MR) is 71.4 cm³/mol. The molecule has 0 aromatic carbocycles. The van der Waals surface area contributed by atoms with E-state index in [4.69, 9.17) is 18.0 Å². The maximum absolute atomic E-state index is 11.0. The molecule has 0 fully saturated rings. The lowest BCUT2D eigenvalue weighted by molar-refractivity contribution is -0.120. The maximum Gasteiger partial charge on any atom is 0.219 e. The van der Waals surface area contributed by atoms with Crippen LogP contribution in [0.25, 0.3) is 0 Å². The smallest absolute Gasteiger partial charge is 0.219 e. The Morgan fingerprint density at radius 2 is 2.19 bits per heavy atom. The van der Waals surface area contributed by atoms with Gasteiger partial charge in [0.2, 0.25) is 5.91 Å². The number of hydrogen-bond donors (Lipinski definition) is 2. The van der Waals surface area contributed by atoms with Crippen molar-refractivity contribution in [2.45, 2.75) is 26.7 Å². The second kappa shape index (κ2) is 8.47. The number of nitrogens with zero attached hydrogens (tertiary/aromatic N) is 1. The number of rotatable bonds is 8. The monoisotopic (exact) mass is 245 g/mol. The van der Waals surface area contributed by atoms with Crippen LogP contribution in [0.1, 0.15) is 26.7 Å². The molecule has 0 aromatic heterocycles. The van der Waals surface area contributed by atoms with E-state index in [-0.39, 0.29) is 11.8 Å². The zero-order chi connectivity index (χ0) is 12.6. The van der Waals surface area contributed by atoms with E-state index in [1.165, 1.54) is 0 Å². The van der Waals surface area contributed by atoms with Crippen molar-refractivity contribution >= 4 is 23.1 Å². The third-order valence-electron chi connectivity index (χ3n) is 2.62. The van der Waals surface area contributed by atoms with E-state index in [2.05, 4.69) is 17.1 Å². The van der Waals surface area contributed by atoms with Crippen molar-refractivity contribution in [2.24, 2.45) is 11.7 Å². The fourth-order valence-electron chi connectivity index (χ4n) is 1.44. The molecule has 0 aliphatic carbocycles. The van der Waals surface area contributed by atoms with Gasteiger partial charge in [0.05, 0.1) is 4.99 Å². The van der Waals surface area contributed by atoms with Crippen LogP contribution in [0.2, 0.25) is 0 Å². The summed E-state index contributed by atoms with van der Waals surface area (Å²) < 4.78 is 0. The molecule has 0 spiro atoms. The number of nitrogens with two attached hydrogens (primary N) is 1. The number of carbonyl (C=O) groups excluding carboxylic acids is 1. The molecule has 0 heterocycles. The lowest BCUT2D eigenvalue weighted by Gasteiger charge is -2.23. The minimum Gasteiger partial charge on any atom is -0.393 e. The van der Waals surface area contributed by atoms with Gasteiger partial charge >= 0.3 is 0 Å². The van der Waals surface area contributed by atoms with E-state index >= 15 is 0 Å². The van der Waals surface area contributed by atoms with Crippen LogP contribution in [0.3, 0.4) is 0 Å². The number of hydrogen-bond acceptors (Lipinski definition) is 3. The molecule has 0 radical (unpaired) electrons. The molecule has 0 rings (SSSR count). The summed E-state index contributed by atoms with van der Waals surface area (Å²) in [6, 6.07) is 0. The molecule has 94 valence electrons. The summed E-state index contributed by atoms with van der Waals surface area (Å²) in [5.41, 5.74) is 5.58. The fraction of sp³-hybridized carbons (Fsp3) is 0.818. The largest absolute Gasteiger partial charge is 0.393 e. The molecule has 0 saturated heterocycles. The standard InChI is InChI=1S/C11H23N3OS/c1-4-14(8-9(2)11(12)16)7-5-6-10(15)13-3/h9H,4-8H2,1-3H3,(H2,12,16)(H,13,15). The molecular weight excluding hydrogens is 222 g/mol. The maximum atomic E-state index is 11.0. The minimum absolute atomic E-state index is 0.0958. The summed E-state index contributed by atoms with van der Waals surface area (Å²) in [6.07, 6.45) is 1.45. The third-order valence-corrected chi connectivity index (χ3v) is 3.02. The topological polar surface area (TPSA) is 58.4 Å². The van der Waals surface area contributed by atoms with E-state index in [1.54, 1.807) is 7.05 Å². The average molecular weight is 245 g/mol. The Morgan fingerprint density at radius 1 is 1.56 bits per heavy atom. The Labute approximate surface area is 104 Å². The van der Waals surface area contributed by atoms with E-state index in [0.717, 1.165) is 26.1 Å². The molecule has 0 aliphatic heterocycles. The highest BCUT2D eigenvalue weighted by Crippen LogP contribution is 2.02. The molecule has 0 bridgehead atoms. The zero-order valence-electron chi connectivity index (χ0n) is 10.5. The molecule has 3 N–H and O–H groups in total. The SMILES string of the molecule is CCN(CCCC(=O)NC)CC(C)C(N)=S. The van der Waals surface area contributed by atoms with E-state index in [1.807, 2.05) is 6.92 Å². The lowest BCUT2D eigenvalue weighted by Crippen LogP contribution is -2.35. The first kappa shape index (κ1) is 15.3. The summed E-state index contributed by atoms with van der Waals surface area (Å²) in [4.78, 5) is 13.9. The van der Waals surface area contributed by atoms with Gasteiger partial charge in [0.1, 0.15) is 0 Å². The van der Waals surface area contributed by atoms with Gasteiger partial charge in [0, 0.05) is 25.9 Å². The van der Waals surface area contributed by atoms with Crippen LogP contribution in [-0.4, -0.2) is 42.5 Å². The minimum atomic E-state index is 0.0958. The summed E-state index contributed by atoms with van der Waals surface area (Å²) >= 11 is 4.94. The van der Waals surface area contributed by atoms with Crippen molar-refractivity contribution in [2.75, 3.05) is 26.7 Å². The molecule has 0 aromatic rings. The summed E-state index contributed by atoms with van der Waals surface area (Å²) in [7, 11) is 1.66. The van der Waals surface area contributed by atoms with Crippen LogP contribution in [0.4, 0.5) is 0 Å². The van der Waals surface area contributed by atoms with Crippen LogP contribution < -0.4 is 11.1 Å². The first-order valence-electron chi connectivity index (χ1n) is 5.73. The van der Waals surface area contributed by atoms with Gasteiger partial charge in [-0.2, -0.15) is 0 Å². The molecule has 5 heteroatoms. The van der Waals surface area contributed by atoms with Crippen molar-refractivity contribution in [1.29, 1.82) is 0 Å². The molecule has 1 unspecified atom stereocenters. The molecule has 0 aliphatic rings. The van der Waals surface area contributed by atoms with E-state index < -0.39 is 0 Å². The van der Waals surface area contributed by atoms with Gasteiger partial charge in [-0.15, -0.1) is 0 Å². The first-order valence-corrected chi connectivity index (χ1v) is 6.14. The Kier molecular flexibility index (Phi) is 8.11. The summed E-state index contributed by atoms with van der Waals surface area (Å²) in [5, 5.41) is 2.62. The number of carbonyl (C=O) groups is 1. The van der Waals surface area contributed by atoms with Gasteiger partial charge in [-0.05, 0) is 19.5 Å². The van der Waals surface area contributed by atoms with Crippen molar-refractivity contribution < 1.29 is 4.79 Å². The van der Waals surface area contributed by atoms with Crippen molar-refractivity contribution in [3.8, 4) is 0 Å². The van der Waals surface area contributed by atoms with Crippen molar-refractivity contribution in [3.05, 3.63) is 0 Å². The Hall–Kier alpha value is -0.680. The second-order valence-electron chi connectivity index (χ2n) is 3.97. The van der Waals surface area contributed by atoms with Crippen LogP contribution in [0, 0.1) is 5.92 Å². The van der Waals surface area contributed by atoms with Crippen LogP contribution in [0.5, 0.6) is 0 Å². The summed E-state index contributed by atoms with van der Waals surface area (Å²) in [5.74, 6) is 0.327. The Balaban J connectivity index is 3.83. The molecule has 1 amide bonds. The highest BCUT2D eigenvalue weighted by atomic mass is 32.1. The van der Waals surface area contributed by atoms with Gasteiger partial charge in [-0.1, -0.05) is 26.1 Å². The fourth-order valence-corrected chi connectivity index (χ4v) is 1.52. The number of thiocarbonyl (C=S) groups is 1. The Bertz CT molecular complexity index is 233. The third kappa shape index (κ3) is 6.74. The van der Waals surface area contributed by atoms with E-state index in [0.29, 0.717) is 11.4 Å². The quantitative estimate of drug-likeness (QED) is 0.620. The van der Waals surface area contributed by atoms with Gasteiger partial charge in [-0.3, -0.25) is 4.79 Å². The van der Waals surface area contributed by atoms with Gasteiger partial charge in [0.15, 0.2) is 0 Å². The lowest BCUT2D eigenvalue weighted by atomic mass is 10.1. The Morgan fingerprint density at radius 3 is 2.62 bits per heavy atom. The molecular formula is C11H23N3OS. The van der Waals surface area contributed by atoms with Crippen LogP contribution in [-0.2, 0) is 4.79 Å². The van der Waals surface area contributed by atoms with Crippen LogP contribution in [0.15, 0.2) is 0 Å². The normalized spacial score (nSPS) is 12.5. The van der Waals surface area contributed by atoms with Crippen LogP contribution >= 0.6 is 12.2 Å². The zero-order valence-corrected chi connectivity index (χ0v) is 11.3. The highest BCUT2D eigenvalue weighted by Gasteiger charge is 2.10. The molecule has 16 heavy (non-hydrogen) atoms. The average Bonchev–Trinajstić information content (AvgIpc) is 2.26. The second-order valence-corrected chi connectivity index (χ2v) is 4.44. The number of amides is 1. The van der Waals surface area contributed by atoms with Crippen molar-refractivity contribution in [3.63, 3.8) is 0 Å². The molecule has 1 atom stereocenters. The van der Waals surface area contributed by atoms with Gasteiger partial charge in [0.25, 0.3) is 0 Å². The van der Waals surface area contributed by atoms with E-state index in [9.17, 15) is 4.79 Å². The molecule has 0 saturated carbocycles. The number of nitrogens with one attached hydrogen (secondary N) is 1. The predicted octanol–water partition coefficient (Wildman–Crippen LogP) is 0.757. The molecule has 4 nitrogen and oxygen atoms in total. The van der Waals surface area contributed by atoms with Gasteiger partial charge < -0.3 is 16.0 Å². The summed E-state index contributed by atoms with van der Waals surface area (Å²) in [6.45, 7) is 6.88. The van der Waals surface area contributed by atoms with Gasteiger partial charge in [-0.25, -0.2) is 0 Å². The van der Waals surface area contributed by atoms with Crippen molar-refractivity contribution in [1.82, 2.24) is 10.2 Å².